The van der Waals surface area contributed by atoms with Crippen molar-refractivity contribution in [1.29, 1.82) is 0 Å². The van der Waals surface area contributed by atoms with Gasteiger partial charge in [-0.2, -0.15) is 0 Å². The quantitative estimate of drug-likeness (QED) is 0.650. The predicted molar refractivity (Wildman–Crippen MR) is 58.2 cm³/mol. The van der Waals surface area contributed by atoms with Gasteiger partial charge in [0, 0.05) is 5.56 Å². The highest BCUT2D eigenvalue weighted by Crippen LogP contribution is 2.35. The van der Waals surface area contributed by atoms with Crippen molar-refractivity contribution in [1.82, 2.24) is 0 Å². The Morgan fingerprint density at radius 1 is 1.27 bits per heavy atom. The lowest BCUT2D eigenvalue weighted by atomic mass is 10.1. The van der Waals surface area contributed by atoms with Gasteiger partial charge in [0.2, 0.25) is 0 Å². The number of rotatable bonds is 2. The number of aliphatic carboxylic acids is 1. The van der Waals surface area contributed by atoms with E-state index >= 15 is 0 Å². The Hall–Kier alpha value is -0.770. The highest BCUT2D eigenvalue weighted by molar-refractivity contribution is 6.49. The third kappa shape index (κ3) is 2.43. The predicted octanol–water partition coefficient (Wildman–Crippen LogP) is 4.04. The van der Waals surface area contributed by atoms with E-state index < -0.39 is 11.5 Å². The molecule has 0 aliphatic rings. The molecule has 0 atom stereocenters. The van der Waals surface area contributed by atoms with Crippen molar-refractivity contribution >= 4 is 46.3 Å². The van der Waals surface area contributed by atoms with E-state index in [9.17, 15) is 9.18 Å². The molecule has 0 fully saturated rings. The number of carbonyl (C=O) groups is 1. The van der Waals surface area contributed by atoms with Crippen LogP contribution in [0.25, 0.3) is 5.57 Å². The van der Waals surface area contributed by atoms with E-state index in [0.29, 0.717) is 0 Å². The van der Waals surface area contributed by atoms with Crippen LogP contribution < -0.4 is 0 Å². The van der Waals surface area contributed by atoms with Crippen LogP contribution in [0, 0.1) is 0 Å². The summed E-state index contributed by atoms with van der Waals surface area (Å²) in [5.74, 6) is -1.43. The van der Waals surface area contributed by atoms with Gasteiger partial charge in [0.05, 0.1) is 20.6 Å². The number of hydrogen-bond acceptors (Lipinski definition) is 1. The van der Waals surface area contributed by atoms with Crippen LogP contribution in [-0.2, 0) is 4.79 Å². The zero-order valence-electron chi connectivity index (χ0n) is 7.10. The first-order chi connectivity index (χ1) is 6.99. The molecule has 0 aliphatic carbocycles. The summed E-state index contributed by atoms with van der Waals surface area (Å²) in [6.45, 7) is 0. The standard InChI is InChI=1S/C9H4Cl3FO2/c10-6-2-1-4(7(11)8(6)12)5(3-13)9(14)15/h1-3H,(H,14,15). The van der Waals surface area contributed by atoms with E-state index in [0.717, 1.165) is 0 Å². The third-order valence-corrected chi connectivity index (χ3v) is 2.96. The molecule has 0 heterocycles. The number of benzene rings is 1. The van der Waals surface area contributed by atoms with Crippen LogP contribution in [0.15, 0.2) is 18.5 Å². The summed E-state index contributed by atoms with van der Waals surface area (Å²) in [7, 11) is 0. The fraction of sp³-hybridized carbons (Fsp3) is 0. The normalized spacial score (nSPS) is 11.6. The Labute approximate surface area is 99.9 Å². The fourth-order valence-corrected chi connectivity index (χ4v) is 1.59. The molecule has 0 saturated heterocycles. The third-order valence-electron chi connectivity index (χ3n) is 1.66. The average molecular weight is 269 g/mol. The lowest BCUT2D eigenvalue weighted by molar-refractivity contribution is -0.130. The number of hydrogen-bond donors (Lipinski definition) is 1. The Morgan fingerprint density at radius 2 is 1.87 bits per heavy atom. The van der Waals surface area contributed by atoms with Crippen molar-refractivity contribution in [2.24, 2.45) is 0 Å². The molecular weight excluding hydrogens is 265 g/mol. The lowest BCUT2D eigenvalue weighted by Gasteiger charge is -2.06. The molecule has 0 unspecified atom stereocenters. The molecule has 1 aromatic carbocycles. The fourth-order valence-electron chi connectivity index (χ4n) is 0.955. The van der Waals surface area contributed by atoms with Crippen molar-refractivity contribution in [2.45, 2.75) is 0 Å². The minimum atomic E-state index is -1.43. The highest BCUT2D eigenvalue weighted by atomic mass is 35.5. The highest BCUT2D eigenvalue weighted by Gasteiger charge is 2.17. The summed E-state index contributed by atoms with van der Waals surface area (Å²) >= 11 is 17.0. The summed E-state index contributed by atoms with van der Waals surface area (Å²) in [6, 6.07) is 2.63. The summed E-state index contributed by atoms with van der Waals surface area (Å²) in [5, 5.41) is 8.75. The zero-order chi connectivity index (χ0) is 11.6. The smallest absolute Gasteiger partial charge is 0.338 e. The summed E-state index contributed by atoms with van der Waals surface area (Å²) in [5.41, 5.74) is -0.584. The van der Waals surface area contributed by atoms with E-state index in [2.05, 4.69) is 0 Å². The van der Waals surface area contributed by atoms with Crippen LogP contribution in [0.2, 0.25) is 15.1 Å². The second-order valence-corrected chi connectivity index (χ2v) is 3.71. The van der Waals surface area contributed by atoms with Crippen LogP contribution in [0.3, 0.4) is 0 Å². The SMILES string of the molecule is O=C(O)C(=CF)c1ccc(Cl)c(Cl)c1Cl. The number of carboxylic acid groups (broad SMARTS) is 1. The molecule has 0 spiro atoms. The van der Waals surface area contributed by atoms with Gasteiger partial charge in [-0.3, -0.25) is 0 Å². The monoisotopic (exact) mass is 268 g/mol. The molecule has 0 aromatic heterocycles. The molecule has 0 bridgehead atoms. The molecule has 1 aromatic rings. The molecule has 80 valence electrons. The van der Waals surface area contributed by atoms with Crippen molar-refractivity contribution in [2.75, 3.05) is 0 Å². The van der Waals surface area contributed by atoms with Crippen LogP contribution in [0.1, 0.15) is 5.56 Å². The lowest BCUT2D eigenvalue weighted by Crippen LogP contribution is -2.00. The topological polar surface area (TPSA) is 37.3 Å². The van der Waals surface area contributed by atoms with Crippen LogP contribution in [0.5, 0.6) is 0 Å². The number of halogens is 4. The van der Waals surface area contributed by atoms with E-state index in [1.165, 1.54) is 12.1 Å². The second-order valence-electron chi connectivity index (χ2n) is 2.55. The van der Waals surface area contributed by atoms with Gasteiger partial charge in [-0.25, -0.2) is 9.18 Å². The molecule has 2 nitrogen and oxygen atoms in total. The first kappa shape index (κ1) is 12.3. The maximum atomic E-state index is 12.3. The zero-order valence-corrected chi connectivity index (χ0v) is 9.37. The molecule has 0 aliphatic heterocycles. The van der Waals surface area contributed by atoms with Crippen LogP contribution in [0.4, 0.5) is 4.39 Å². The first-order valence-electron chi connectivity index (χ1n) is 3.66. The van der Waals surface area contributed by atoms with Crippen molar-refractivity contribution in [3.63, 3.8) is 0 Å². The van der Waals surface area contributed by atoms with Gasteiger partial charge in [-0.1, -0.05) is 40.9 Å². The summed E-state index contributed by atoms with van der Waals surface area (Å²) in [4.78, 5) is 10.6. The van der Waals surface area contributed by atoms with Gasteiger partial charge in [0.1, 0.15) is 6.33 Å². The Balaban J connectivity index is 3.39. The molecule has 1 N–H and O–H groups in total. The Morgan fingerprint density at radius 3 is 2.33 bits per heavy atom. The minimum Gasteiger partial charge on any atom is -0.478 e. The maximum Gasteiger partial charge on any atom is 0.338 e. The minimum absolute atomic E-state index is 0.00330. The van der Waals surface area contributed by atoms with Gasteiger partial charge in [-0.15, -0.1) is 0 Å². The molecule has 6 heteroatoms. The van der Waals surface area contributed by atoms with E-state index in [1.54, 1.807) is 0 Å². The molecule has 0 radical (unpaired) electrons. The van der Waals surface area contributed by atoms with Gasteiger partial charge in [-0.05, 0) is 6.07 Å². The van der Waals surface area contributed by atoms with E-state index in [1.807, 2.05) is 0 Å². The molecular formula is C9H4Cl3FO2. The molecule has 1 rings (SSSR count). The van der Waals surface area contributed by atoms with Crippen molar-refractivity contribution in [3.05, 3.63) is 39.1 Å². The maximum absolute atomic E-state index is 12.3. The molecule has 0 saturated carbocycles. The van der Waals surface area contributed by atoms with Gasteiger partial charge < -0.3 is 5.11 Å². The summed E-state index contributed by atoms with van der Waals surface area (Å²) in [6.07, 6.45) is -0.0478. The van der Waals surface area contributed by atoms with Crippen LogP contribution in [-0.4, -0.2) is 11.1 Å². The van der Waals surface area contributed by atoms with E-state index in [-0.39, 0.29) is 27.0 Å². The number of carboxylic acids is 1. The van der Waals surface area contributed by atoms with Crippen molar-refractivity contribution in [3.8, 4) is 0 Å². The Bertz CT molecular complexity index is 443. The summed E-state index contributed by atoms with van der Waals surface area (Å²) < 4.78 is 12.3. The van der Waals surface area contributed by atoms with E-state index in [4.69, 9.17) is 39.9 Å². The van der Waals surface area contributed by atoms with Gasteiger partial charge in [0.15, 0.2) is 0 Å². The van der Waals surface area contributed by atoms with Crippen molar-refractivity contribution < 1.29 is 14.3 Å². The largest absolute Gasteiger partial charge is 0.478 e. The van der Waals surface area contributed by atoms with Gasteiger partial charge in [0.25, 0.3) is 0 Å². The molecule has 15 heavy (non-hydrogen) atoms. The second kappa shape index (κ2) is 4.84. The average Bonchev–Trinajstić information content (AvgIpc) is 2.18. The first-order valence-corrected chi connectivity index (χ1v) is 4.80. The Kier molecular flexibility index (Phi) is 3.97. The van der Waals surface area contributed by atoms with Gasteiger partial charge >= 0.3 is 5.97 Å². The molecule has 0 amide bonds. The van der Waals surface area contributed by atoms with Crippen LogP contribution >= 0.6 is 34.8 Å².